The van der Waals surface area contributed by atoms with Crippen molar-refractivity contribution in [2.75, 3.05) is 23.9 Å². The van der Waals surface area contributed by atoms with E-state index in [-0.39, 0.29) is 17.4 Å². The number of amides is 3. The SMILES string of the molecule is COc1cc(/C=C2/SC(=O)N(c3ccc(Cl)cc3)C2=O)cc(I)c1OCC(=O)Nc1ccccc1. The molecule has 178 valence electrons. The van der Waals surface area contributed by atoms with Crippen LogP contribution in [-0.4, -0.2) is 30.8 Å². The van der Waals surface area contributed by atoms with Crippen molar-refractivity contribution in [2.45, 2.75) is 0 Å². The summed E-state index contributed by atoms with van der Waals surface area (Å²) in [6.07, 6.45) is 1.62. The molecule has 3 aromatic carbocycles. The number of thioether (sulfide) groups is 1. The number of carbonyl (C=O) groups excluding carboxylic acids is 3. The van der Waals surface area contributed by atoms with Crippen LogP contribution >= 0.6 is 46.0 Å². The molecule has 0 radical (unpaired) electrons. The smallest absolute Gasteiger partial charge is 0.298 e. The van der Waals surface area contributed by atoms with Gasteiger partial charge in [0.05, 0.1) is 21.3 Å². The van der Waals surface area contributed by atoms with Crippen LogP contribution in [0.1, 0.15) is 5.56 Å². The normalized spacial score (nSPS) is 14.4. The van der Waals surface area contributed by atoms with E-state index in [4.69, 9.17) is 21.1 Å². The maximum absolute atomic E-state index is 12.9. The first-order valence-electron chi connectivity index (χ1n) is 10.2. The van der Waals surface area contributed by atoms with Crippen LogP contribution in [0.2, 0.25) is 5.02 Å². The number of hydrogen-bond acceptors (Lipinski definition) is 6. The zero-order valence-corrected chi connectivity index (χ0v) is 22.0. The molecule has 1 N–H and O–H groups in total. The molecule has 1 aliphatic rings. The van der Waals surface area contributed by atoms with Crippen molar-refractivity contribution in [3.8, 4) is 11.5 Å². The summed E-state index contributed by atoms with van der Waals surface area (Å²) in [7, 11) is 1.49. The zero-order chi connectivity index (χ0) is 24.9. The average Bonchev–Trinajstić information content (AvgIpc) is 3.11. The molecule has 1 aliphatic heterocycles. The van der Waals surface area contributed by atoms with E-state index in [0.717, 1.165) is 16.7 Å². The number of para-hydroxylation sites is 1. The van der Waals surface area contributed by atoms with E-state index in [1.165, 1.54) is 7.11 Å². The van der Waals surface area contributed by atoms with Gasteiger partial charge in [0.25, 0.3) is 17.1 Å². The molecule has 35 heavy (non-hydrogen) atoms. The van der Waals surface area contributed by atoms with Gasteiger partial charge in [0.1, 0.15) is 0 Å². The van der Waals surface area contributed by atoms with Crippen LogP contribution in [0.4, 0.5) is 16.2 Å². The fourth-order valence-electron chi connectivity index (χ4n) is 3.25. The van der Waals surface area contributed by atoms with Crippen molar-refractivity contribution in [3.63, 3.8) is 0 Å². The van der Waals surface area contributed by atoms with Crippen molar-refractivity contribution in [3.05, 3.63) is 85.8 Å². The molecule has 4 rings (SSSR count). The van der Waals surface area contributed by atoms with Gasteiger partial charge in [-0.2, -0.15) is 0 Å². The van der Waals surface area contributed by atoms with Crippen LogP contribution in [0.25, 0.3) is 6.08 Å². The van der Waals surface area contributed by atoms with Gasteiger partial charge in [0.2, 0.25) is 0 Å². The number of methoxy groups -OCH3 is 1. The van der Waals surface area contributed by atoms with Gasteiger partial charge in [0, 0.05) is 10.7 Å². The first-order chi connectivity index (χ1) is 16.9. The number of rotatable bonds is 7. The van der Waals surface area contributed by atoms with Crippen molar-refractivity contribution in [2.24, 2.45) is 0 Å². The highest BCUT2D eigenvalue weighted by atomic mass is 127. The van der Waals surface area contributed by atoms with Gasteiger partial charge < -0.3 is 14.8 Å². The standard InChI is InChI=1S/C25H18ClIN2O5S/c1-33-20-12-15(11-19(27)23(20)34-14-22(30)28-17-5-3-2-4-6-17)13-21-24(31)29(25(32)35-21)18-9-7-16(26)8-10-18/h2-13H,14H2,1H3,(H,28,30)/b21-13+. The predicted octanol–water partition coefficient (Wildman–Crippen LogP) is 6.21. The summed E-state index contributed by atoms with van der Waals surface area (Å²) in [4.78, 5) is 39.1. The second kappa shape index (κ2) is 11.1. The number of nitrogens with one attached hydrogen (secondary N) is 1. The monoisotopic (exact) mass is 620 g/mol. The highest BCUT2D eigenvalue weighted by Gasteiger charge is 2.36. The number of hydrogen-bond donors (Lipinski definition) is 1. The summed E-state index contributed by atoms with van der Waals surface area (Å²) in [6.45, 7) is -0.208. The number of benzene rings is 3. The van der Waals surface area contributed by atoms with E-state index in [1.54, 1.807) is 54.6 Å². The third kappa shape index (κ3) is 5.98. The molecule has 1 fully saturated rings. The summed E-state index contributed by atoms with van der Waals surface area (Å²) in [5.41, 5.74) is 1.77. The van der Waals surface area contributed by atoms with E-state index < -0.39 is 11.1 Å². The fourth-order valence-corrected chi connectivity index (χ4v) is 5.00. The first-order valence-corrected chi connectivity index (χ1v) is 12.5. The van der Waals surface area contributed by atoms with Gasteiger partial charge in [-0.05, 0) is 94.5 Å². The Labute approximate surface area is 224 Å². The molecule has 0 unspecified atom stereocenters. The largest absolute Gasteiger partial charge is 0.493 e. The summed E-state index contributed by atoms with van der Waals surface area (Å²) in [6, 6.07) is 19.0. The van der Waals surface area contributed by atoms with E-state index in [2.05, 4.69) is 27.9 Å². The second-order valence-electron chi connectivity index (χ2n) is 7.23. The molecular formula is C25H18ClIN2O5S. The van der Waals surface area contributed by atoms with Gasteiger partial charge in [-0.3, -0.25) is 14.4 Å². The Balaban J connectivity index is 1.50. The van der Waals surface area contributed by atoms with E-state index >= 15 is 0 Å². The van der Waals surface area contributed by atoms with Gasteiger partial charge >= 0.3 is 0 Å². The van der Waals surface area contributed by atoms with Gasteiger partial charge in [-0.1, -0.05) is 29.8 Å². The minimum absolute atomic E-state index is 0.208. The molecule has 1 saturated heterocycles. The lowest BCUT2D eigenvalue weighted by atomic mass is 10.1. The van der Waals surface area contributed by atoms with Gasteiger partial charge in [-0.15, -0.1) is 0 Å². The maximum Gasteiger partial charge on any atom is 0.298 e. The molecule has 1 heterocycles. The minimum atomic E-state index is -0.422. The van der Waals surface area contributed by atoms with Crippen LogP contribution in [0.3, 0.4) is 0 Å². The number of ether oxygens (including phenoxy) is 2. The lowest BCUT2D eigenvalue weighted by Gasteiger charge is -2.14. The Morgan fingerprint density at radius 1 is 1.11 bits per heavy atom. The van der Waals surface area contributed by atoms with Crippen molar-refractivity contribution in [1.82, 2.24) is 0 Å². The molecule has 0 atom stereocenters. The molecule has 0 aliphatic carbocycles. The Hall–Kier alpha value is -3.02. The molecule has 3 amide bonds. The molecule has 7 nitrogen and oxygen atoms in total. The molecule has 10 heteroatoms. The average molecular weight is 621 g/mol. The fraction of sp³-hybridized carbons (Fsp3) is 0.0800. The Bertz CT molecular complexity index is 1320. The number of halogens is 2. The summed E-state index contributed by atoms with van der Waals surface area (Å²) in [5.74, 6) is 0.0681. The maximum atomic E-state index is 12.9. The molecular weight excluding hydrogens is 603 g/mol. The third-order valence-electron chi connectivity index (χ3n) is 4.83. The van der Waals surface area contributed by atoms with Crippen molar-refractivity contribution in [1.29, 1.82) is 0 Å². The Kier molecular flexibility index (Phi) is 7.99. The lowest BCUT2D eigenvalue weighted by molar-refractivity contribution is -0.118. The third-order valence-corrected chi connectivity index (χ3v) is 6.76. The number of imide groups is 1. The number of anilines is 2. The molecule has 3 aromatic rings. The lowest BCUT2D eigenvalue weighted by Crippen LogP contribution is -2.27. The predicted molar refractivity (Wildman–Crippen MR) is 146 cm³/mol. The van der Waals surface area contributed by atoms with Crippen molar-refractivity contribution >= 4 is 80.5 Å². The van der Waals surface area contributed by atoms with Crippen LogP contribution < -0.4 is 19.7 Å². The quantitative estimate of drug-likeness (QED) is 0.250. The van der Waals surface area contributed by atoms with E-state index in [0.29, 0.717) is 37.0 Å². The summed E-state index contributed by atoms with van der Waals surface area (Å²) < 4.78 is 11.9. The Morgan fingerprint density at radius 2 is 1.83 bits per heavy atom. The highest BCUT2D eigenvalue weighted by molar-refractivity contribution is 14.1. The topological polar surface area (TPSA) is 84.9 Å². The Morgan fingerprint density at radius 3 is 2.51 bits per heavy atom. The van der Waals surface area contributed by atoms with Crippen LogP contribution in [0.15, 0.2) is 71.6 Å². The first kappa shape index (κ1) is 25.1. The zero-order valence-electron chi connectivity index (χ0n) is 18.3. The highest BCUT2D eigenvalue weighted by Crippen LogP contribution is 2.39. The van der Waals surface area contributed by atoms with Gasteiger partial charge in [0.15, 0.2) is 18.1 Å². The van der Waals surface area contributed by atoms with Crippen molar-refractivity contribution < 1.29 is 23.9 Å². The van der Waals surface area contributed by atoms with Crippen LogP contribution in [0.5, 0.6) is 11.5 Å². The minimum Gasteiger partial charge on any atom is -0.493 e. The van der Waals surface area contributed by atoms with Crippen LogP contribution in [0, 0.1) is 3.57 Å². The molecule has 0 saturated carbocycles. The second-order valence-corrected chi connectivity index (χ2v) is 9.82. The van der Waals surface area contributed by atoms with Crippen LogP contribution in [-0.2, 0) is 9.59 Å². The molecule has 0 spiro atoms. The summed E-state index contributed by atoms with van der Waals surface area (Å²) >= 11 is 8.83. The molecule has 0 aromatic heterocycles. The van der Waals surface area contributed by atoms with E-state index in [9.17, 15) is 14.4 Å². The number of nitrogens with zero attached hydrogens (tertiary/aromatic N) is 1. The number of carbonyl (C=O) groups is 3. The van der Waals surface area contributed by atoms with Gasteiger partial charge in [-0.25, -0.2) is 4.90 Å². The summed E-state index contributed by atoms with van der Waals surface area (Å²) in [5, 5.41) is 2.88. The van der Waals surface area contributed by atoms with E-state index in [1.807, 2.05) is 18.2 Å². The molecule has 0 bridgehead atoms.